The van der Waals surface area contributed by atoms with Crippen LogP contribution >= 0.6 is 24.8 Å². The lowest BCUT2D eigenvalue weighted by Crippen LogP contribution is -2.41. The average Bonchev–Trinajstić information content (AvgIpc) is 3.08. The van der Waals surface area contributed by atoms with Crippen LogP contribution in [-0.4, -0.2) is 40.0 Å². The minimum Gasteiger partial charge on any atom is -0.337 e. The summed E-state index contributed by atoms with van der Waals surface area (Å²) in [6, 6.07) is 8.02. The fourth-order valence-corrected chi connectivity index (χ4v) is 2.79. The molecule has 22 heavy (non-hydrogen) atoms. The van der Waals surface area contributed by atoms with Gasteiger partial charge in [0.2, 0.25) is 5.91 Å². The van der Waals surface area contributed by atoms with E-state index in [9.17, 15) is 4.79 Å². The number of aryl methyl sites for hydroxylation is 1. The Hall–Kier alpha value is -1.30. The second kappa shape index (κ2) is 7.81. The summed E-state index contributed by atoms with van der Waals surface area (Å²) in [6.07, 6.45) is 2.02. The Balaban J connectivity index is 0.00000121. The third kappa shape index (κ3) is 3.54. The molecule has 1 N–H and O–H groups in total. The molecular formula is C15H22Cl2N4O. The van der Waals surface area contributed by atoms with Gasteiger partial charge in [-0.05, 0) is 31.5 Å². The quantitative estimate of drug-likeness (QED) is 0.927. The number of carbonyl (C=O) groups excluding carboxylic acids is 1. The van der Waals surface area contributed by atoms with Crippen LogP contribution in [0.15, 0.2) is 24.3 Å². The van der Waals surface area contributed by atoms with Gasteiger partial charge in [-0.25, -0.2) is 4.98 Å². The van der Waals surface area contributed by atoms with Crippen molar-refractivity contribution in [2.24, 2.45) is 7.05 Å². The molecule has 0 aliphatic carbocycles. The van der Waals surface area contributed by atoms with Gasteiger partial charge in [0.1, 0.15) is 5.82 Å². The molecule has 1 amide bonds. The molecule has 5 nitrogen and oxygen atoms in total. The van der Waals surface area contributed by atoms with Crippen LogP contribution in [0.2, 0.25) is 0 Å². The number of carbonyl (C=O) groups is 1. The van der Waals surface area contributed by atoms with Gasteiger partial charge < -0.3 is 14.8 Å². The number of imidazole rings is 1. The van der Waals surface area contributed by atoms with Crippen LogP contribution in [0.1, 0.15) is 18.7 Å². The summed E-state index contributed by atoms with van der Waals surface area (Å²) in [5.41, 5.74) is 2.08. The molecular weight excluding hydrogens is 323 g/mol. The highest BCUT2D eigenvalue weighted by atomic mass is 35.5. The molecule has 1 aliphatic heterocycles. The summed E-state index contributed by atoms with van der Waals surface area (Å²) in [5, 5.41) is 3.25. The molecule has 2 heterocycles. The summed E-state index contributed by atoms with van der Waals surface area (Å²) >= 11 is 0. The van der Waals surface area contributed by atoms with E-state index in [2.05, 4.69) is 14.9 Å². The molecule has 0 saturated carbocycles. The Bertz CT molecular complexity index is 638. The number of likely N-dealkylation sites (N-methyl/N-ethyl adjacent to an activating group) is 1. The summed E-state index contributed by atoms with van der Waals surface area (Å²) in [4.78, 5) is 18.7. The van der Waals surface area contributed by atoms with Gasteiger partial charge in [-0.1, -0.05) is 12.1 Å². The van der Waals surface area contributed by atoms with E-state index in [4.69, 9.17) is 0 Å². The first-order valence-electron chi connectivity index (χ1n) is 7.05. The van der Waals surface area contributed by atoms with Crippen molar-refractivity contribution in [3.05, 3.63) is 30.1 Å². The molecule has 2 aromatic rings. The number of para-hydroxylation sites is 2. The van der Waals surface area contributed by atoms with Crippen LogP contribution in [0, 0.1) is 0 Å². The van der Waals surface area contributed by atoms with Crippen molar-refractivity contribution in [3.8, 4) is 0 Å². The molecule has 1 aromatic heterocycles. The molecule has 1 fully saturated rings. The SMILES string of the molecule is CN(Cc1nc2ccccc2n1C)C(=O)C1CCCN1.Cl.Cl. The molecule has 0 bridgehead atoms. The number of aromatic nitrogens is 2. The third-order valence-electron chi connectivity index (χ3n) is 3.99. The predicted molar refractivity (Wildman–Crippen MR) is 92.7 cm³/mol. The van der Waals surface area contributed by atoms with Crippen molar-refractivity contribution >= 4 is 41.8 Å². The molecule has 0 radical (unpaired) electrons. The van der Waals surface area contributed by atoms with Crippen LogP contribution in [0.25, 0.3) is 11.0 Å². The normalized spacial score (nSPS) is 16.9. The van der Waals surface area contributed by atoms with Crippen LogP contribution in [0.4, 0.5) is 0 Å². The van der Waals surface area contributed by atoms with E-state index in [1.807, 2.05) is 38.4 Å². The number of benzene rings is 1. The summed E-state index contributed by atoms with van der Waals surface area (Å²) in [5.74, 6) is 1.08. The Morgan fingerprint density at radius 2 is 2.14 bits per heavy atom. The highest BCUT2D eigenvalue weighted by molar-refractivity contribution is 5.85. The van der Waals surface area contributed by atoms with Crippen molar-refractivity contribution < 1.29 is 4.79 Å². The molecule has 1 saturated heterocycles. The van der Waals surface area contributed by atoms with Gasteiger partial charge in [0.15, 0.2) is 0 Å². The van der Waals surface area contributed by atoms with Gasteiger partial charge in [0, 0.05) is 14.1 Å². The fourth-order valence-electron chi connectivity index (χ4n) is 2.79. The largest absolute Gasteiger partial charge is 0.337 e. The second-order valence-electron chi connectivity index (χ2n) is 5.42. The zero-order valence-corrected chi connectivity index (χ0v) is 14.4. The monoisotopic (exact) mass is 344 g/mol. The highest BCUT2D eigenvalue weighted by Crippen LogP contribution is 2.16. The zero-order chi connectivity index (χ0) is 14.1. The van der Waals surface area contributed by atoms with Crippen molar-refractivity contribution in [1.29, 1.82) is 0 Å². The van der Waals surface area contributed by atoms with Crippen LogP contribution in [0.5, 0.6) is 0 Å². The van der Waals surface area contributed by atoms with Crippen molar-refractivity contribution in [2.45, 2.75) is 25.4 Å². The van der Waals surface area contributed by atoms with E-state index in [0.717, 1.165) is 36.2 Å². The molecule has 7 heteroatoms. The first-order chi connectivity index (χ1) is 9.66. The maximum absolute atomic E-state index is 12.3. The Morgan fingerprint density at radius 3 is 2.77 bits per heavy atom. The Kier molecular flexibility index (Phi) is 6.66. The standard InChI is InChI=1S/C15H20N4O.2ClH/c1-18(15(20)12-7-5-9-16-12)10-14-17-11-6-3-4-8-13(11)19(14)2;;/h3-4,6,8,12,16H,5,7,9-10H2,1-2H3;2*1H. The lowest BCUT2D eigenvalue weighted by molar-refractivity contribution is -0.132. The van der Waals surface area contributed by atoms with E-state index in [0.29, 0.717) is 6.54 Å². The van der Waals surface area contributed by atoms with E-state index >= 15 is 0 Å². The van der Waals surface area contributed by atoms with Crippen molar-refractivity contribution in [2.75, 3.05) is 13.6 Å². The van der Waals surface area contributed by atoms with Crippen LogP contribution in [0.3, 0.4) is 0 Å². The molecule has 1 atom stereocenters. The van der Waals surface area contributed by atoms with E-state index < -0.39 is 0 Å². The minimum atomic E-state index is -0.0188. The maximum atomic E-state index is 12.3. The number of rotatable bonds is 3. The van der Waals surface area contributed by atoms with Gasteiger partial charge in [-0.2, -0.15) is 0 Å². The van der Waals surface area contributed by atoms with E-state index in [1.165, 1.54) is 0 Å². The summed E-state index contributed by atoms with van der Waals surface area (Å²) in [6.45, 7) is 1.48. The van der Waals surface area contributed by atoms with Gasteiger partial charge in [-0.3, -0.25) is 4.79 Å². The number of hydrogen-bond acceptors (Lipinski definition) is 3. The van der Waals surface area contributed by atoms with Gasteiger partial charge >= 0.3 is 0 Å². The number of nitrogens with one attached hydrogen (secondary N) is 1. The first-order valence-corrected chi connectivity index (χ1v) is 7.05. The number of fused-ring (bicyclic) bond motifs is 1. The average molecular weight is 345 g/mol. The number of halogens is 2. The van der Waals surface area contributed by atoms with Crippen molar-refractivity contribution in [3.63, 3.8) is 0 Å². The van der Waals surface area contributed by atoms with Gasteiger partial charge in [0.05, 0.1) is 23.6 Å². The third-order valence-corrected chi connectivity index (χ3v) is 3.99. The topological polar surface area (TPSA) is 50.2 Å². The molecule has 1 aromatic carbocycles. The lowest BCUT2D eigenvalue weighted by atomic mass is 10.2. The Labute approximate surface area is 142 Å². The van der Waals surface area contributed by atoms with Crippen LogP contribution < -0.4 is 5.32 Å². The molecule has 1 aliphatic rings. The molecule has 122 valence electrons. The zero-order valence-electron chi connectivity index (χ0n) is 12.8. The number of nitrogens with zero attached hydrogens (tertiary/aromatic N) is 3. The number of hydrogen-bond donors (Lipinski definition) is 1. The predicted octanol–water partition coefficient (Wildman–Crippen LogP) is 2.13. The van der Waals surface area contributed by atoms with Crippen LogP contribution in [-0.2, 0) is 18.4 Å². The second-order valence-corrected chi connectivity index (χ2v) is 5.42. The van der Waals surface area contributed by atoms with Gasteiger partial charge in [-0.15, -0.1) is 24.8 Å². The highest BCUT2D eigenvalue weighted by Gasteiger charge is 2.25. The summed E-state index contributed by atoms with van der Waals surface area (Å²) in [7, 11) is 3.85. The van der Waals surface area contributed by atoms with Crippen molar-refractivity contribution in [1.82, 2.24) is 19.8 Å². The summed E-state index contributed by atoms with van der Waals surface area (Å²) < 4.78 is 2.06. The van der Waals surface area contributed by atoms with E-state index in [1.54, 1.807) is 4.90 Å². The van der Waals surface area contributed by atoms with E-state index in [-0.39, 0.29) is 36.8 Å². The molecule has 3 rings (SSSR count). The first kappa shape index (κ1) is 18.7. The molecule has 0 spiro atoms. The Morgan fingerprint density at radius 1 is 1.41 bits per heavy atom. The molecule has 1 unspecified atom stereocenters. The minimum absolute atomic E-state index is 0. The smallest absolute Gasteiger partial charge is 0.239 e. The number of amides is 1. The lowest BCUT2D eigenvalue weighted by Gasteiger charge is -2.20. The van der Waals surface area contributed by atoms with Gasteiger partial charge in [0.25, 0.3) is 0 Å². The maximum Gasteiger partial charge on any atom is 0.239 e. The fraction of sp³-hybridized carbons (Fsp3) is 0.467.